The van der Waals surface area contributed by atoms with Crippen LogP contribution in [-0.4, -0.2) is 6.54 Å². The lowest BCUT2D eigenvalue weighted by atomic mass is 10.0. The minimum Gasteiger partial charge on any atom is -0.472 e. The maximum absolute atomic E-state index is 5.13. The van der Waals surface area contributed by atoms with Gasteiger partial charge in [0.05, 0.1) is 12.5 Å². The van der Waals surface area contributed by atoms with Gasteiger partial charge >= 0.3 is 0 Å². The monoisotopic (exact) mass is 215 g/mol. The molecule has 0 fully saturated rings. The fourth-order valence-corrected chi connectivity index (χ4v) is 1.77. The normalized spacial score (nSPS) is 10.6. The molecule has 2 rings (SSSR count). The van der Waals surface area contributed by atoms with Crippen LogP contribution in [0.2, 0.25) is 0 Å². The maximum atomic E-state index is 5.13. The quantitative estimate of drug-likeness (QED) is 0.773. The highest BCUT2D eigenvalue weighted by Crippen LogP contribution is 2.23. The van der Waals surface area contributed by atoms with E-state index in [0.29, 0.717) is 0 Å². The van der Waals surface area contributed by atoms with Gasteiger partial charge in [0.2, 0.25) is 0 Å². The van der Waals surface area contributed by atoms with Crippen LogP contribution < -0.4 is 5.32 Å². The maximum Gasteiger partial charge on any atom is 0.0981 e. The van der Waals surface area contributed by atoms with Crippen LogP contribution in [0.5, 0.6) is 0 Å². The number of rotatable bonds is 5. The Morgan fingerprint density at radius 1 is 1.19 bits per heavy atom. The standard InChI is InChI=1S/C14H17NO/c1-2-8-15-10-12-5-3-4-6-14(12)13-7-9-16-11-13/h3-7,9,11,15H,2,8,10H2,1H3. The van der Waals surface area contributed by atoms with Crippen LogP contribution in [0.15, 0.2) is 47.3 Å². The summed E-state index contributed by atoms with van der Waals surface area (Å²) in [4.78, 5) is 0. The number of hydrogen-bond donors (Lipinski definition) is 1. The summed E-state index contributed by atoms with van der Waals surface area (Å²) in [5.41, 5.74) is 3.71. The third-order valence-electron chi connectivity index (χ3n) is 2.59. The summed E-state index contributed by atoms with van der Waals surface area (Å²) >= 11 is 0. The van der Waals surface area contributed by atoms with Crippen LogP contribution in [-0.2, 0) is 6.54 Å². The van der Waals surface area contributed by atoms with E-state index in [9.17, 15) is 0 Å². The molecule has 2 aromatic rings. The Bertz CT molecular complexity index is 420. The fraction of sp³-hybridized carbons (Fsp3) is 0.286. The molecule has 0 saturated carbocycles. The minimum atomic E-state index is 0.912. The van der Waals surface area contributed by atoms with E-state index in [1.165, 1.54) is 11.1 Å². The number of nitrogens with one attached hydrogen (secondary N) is 1. The number of hydrogen-bond acceptors (Lipinski definition) is 2. The van der Waals surface area contributed by atoms with E-state index >= 15 is 0 Å². The lowest BCUT2D eigenvalue weighted by molar-refractivity contribution is 0.568. The zero-order valence-corrected chi connectivity index (χ0v) is 9.57. The van der Waals surface area contributed by atoms with Crippen molar-refractivity contribution in [2.75, 3.05) is 6.54 Å². The van der Waals surface area contributed by atoms with E-state index in [1.54, 1.807) is 12.5 Å². The second-order valence-corrected chi connectivity index (χ2v) is 3.85. The molecular weight excluding hydrogens is 198 g/mol. The van der Waals surface area contributed by atoms with E-state index in [1.807, 2.05) is 6.07 Å². The van der Waals surface area contributed by atoms with Gasteiger partial charge < -0.3 is 9.73 Å². The van der Waals surface area contributed by atoms with Crippen molar-refractivity contribution >= 4 is 0 Å². The van der Waals surface area contributed by atoms with E-state index in [4.69, 9.17) is 4.42 Å². The smallest absolute Gasteiger partial charge is 0.0981 e. The molecule has 0 bridgehead atoms. The summed E-state index contributed by atoms with van der Waals surface area (Å²) < 4.78 is 5.13. The highest BCUT2D eigenvalue weighted by molar-refractivity contribution is 5.66. The van der Waals surface area contributed by atoms with Crippen LogP contribution in [0.1, 0.15) is 18.9 Å². The molecule has 1 aromatic heterocycles. The predicted molar refractivity (Wildman–Crippen MR) is 66.1 cm³/mol. The second-order valence-electron chi connectivity index (χ2n) is 3.85. The van der Waals surface area contributed by atoms with Gasteiger partial charge in [-0.3, -0.25) is 0 Å². The Morgan fingerprint density at radius 3 is 2.81 bits per heavy atom. The molecule has 0 unspecified atom stereocenters. The van der Waals surface area contributed by atoms with Crippen molar-refractivity contribution in [3.05, 3.63) is 48.4 Å². The minimum absolute atomic E-state index is 0.912. The van der Waals surface area contributed by atoms with Crippen molar-refractivity contribution in [3.63, 3.8) is 0 Å². The van der Waals surface area contributed by atoms with Gasteiger partial charge in [-0.1, -0.05) is 31.2 Å². The molecule has 0 amide bonds. The first kappa shape index (κ1) is 11.0. The number of furan rings is 1. The Kier molecular flexibility index (Phi) is 3.78. The summed E-state index contributed by atoms with van der Waals surface area (Å²) in [5, 5.41) is 3.42. The summed E-state index contributed by atoms with van der Waals surface area (Å²) in [7, 11) is 0. The van der Waals surface area contributed by atoms with Crippen LogP contribution in [0.4, 0.5) is 0 Å². The molecule has 1 aromatic carbocycles. The molecule has 0 saturated heterocycles. The van der Waals surface area contributed by atoms with Gasteiger partial charge in [-0.05, 0) is 30.2 Å². The van der Waals surface area contributed by atoms with Gasteiger partial charge in [0, 0.05) is 12.1 Å². The van der Waals surface area contributed by atoms with Gasteiger partial charge in [-0.15, -0.1) is 0 Å². The summed E-state index contributed by atoms with van der Waals surface area (Å²) in [5.74, 6) is 0. The summed E-state index contributed by atoms with van der Waals surface area (Å²) in [6, 6.07) is 10.4. The molecule has 2 heteroatoms. The Morgan fingerprint density at radius 2 is 2.06 bits per heavy atom. The molecule has 1 heterocycles. The molecular formula is C14H17NO. The third kappa shape index (κ3) is 2.52. The molecule has 0 atom stereocenters. The lowest BCUT2D eigenvalue weighted by Gasteiger charge is -2.08. The molecule has 1 N–H and O–H groups in total. The predicted octanol–water partition coefficient (Wildman–Crippen LogP) is 3.45. The van der Waals surface area contributed by atoms with E-state index in [2.05, 4.69) is 36.5 Å². The summed E-state index contributed by atoms with van der Waals surface area (Å²) in [6.45, 7) is 4.14. The van der Waals surface area contributed by atoms with Crippen molar-refractivity contribution in [2.45, 2.75) is 19.9 Å². The van der Waals surface area contributed by atoms with Gasteiger partial charge in [0.25, 0.3) is 0 Å². The molecule has 2 nitrogen and oxygen atoms in total. The highest BCUT2D eigenvalue weighted by atomic mass is 16.3. The van der Waals surface area contributed by atoms with E-state index in [-0.39, 0.29) is 0 Å². The van der Waals surface area contributed by atoms with Crippen molar-refractivity contribution in [1.82, 2.24) is 5.32 Å². The third-order valence-corrected chi connectivity index (χ3v) is 2.59. The molecule has 0 aliphatic rings. The Balaban J connectivity index is 2.18. The molecule has 16 heavy (non-hydrogen) atoms. The summed E-state index contributed by atoms with van der Waals surface area (Å²) in [6.07, 6.45) is 4.66. The molecule has 0 radical (unpaired) electrons. The van der Waals surface area contributed by atoms with Crippen LogP contribution in [0, 0.1) is 0 Å². The van der Waals surface area contributed by atoms with Crippen molar-refractivity contribution in [3.8, 4) is 11.1 Å². The molecule has 0 aliphatic carbocycles. The van der Waals surface area contributed by atoms with Crippen molar-refractivity contribution in [2.24, 2.45) is 0 Å². The average Bonchev–Trinajstić information content (AvgIpc) is 2.83. The van der Waals surface area contributed by atoms with Crippen LogP contribution in [0.25, 0.3) is 11.1 Å². The van der Waals surface area contributed by atoms with E-state index < -0.39 is 0 Å². The zero-order valence-electron chi connectivity index (χ0n) is 9.57. The van der Waals surface area contributed by atoms with Crippen LogP contribution >= 0.6 is 0 Å². The van der Waals surface area contributed by atoms with E-state index in [0.717, 1.165) is 25.1 Å². The zero-order chi connectivity index (χ0) is 11.2. The first-order chi connectivity index (χ1) is 7.92. The molecule has 84 valence electrons. The van der Waals surface area contributed by atoms with Gasteiger partial charge in [0.1, 0.15) is 0 Å². The topological polar surface area (TPSA) is 25.2 Å². The van der Waals surface area contributed by atoms with Crippen molar-refractivity contribution in [1.29, 1.82) is 0 Å². The van der Waals surface area contributed by atoms with Gasteiger partial charge in [-0.25, -0.2) is 0 Å². The van der Waals surface area contributed by atoms with Crippen molar-refractivity contribution < 1.29 is 4.42 Å². The van der Waals surface area contributed by atoms with Crippen LogP contribution in [0.3, 0.4) is 0 Å². The SMILES string of the molecule is CCCNCc1ccccc1-c1ccoc1. The van der Waals surface area contributed by atoms with Gasteiger partial charge in [-0.2, -0.15) is 0 Å². The fourth-order valence-electron chi connectivity index (χ4n) is 1.77. The lowest BCUT2D eigenvalue weighted by Crippen LogP contribution is -2.14. The van der Waals surface area contributed by atoms with Gasteiger partial charge in [0.15, 0.2) is 0 Å². The first-order valence-electron chi connectivity index (χ1n) is 5.73. The molecule has 0 aliphatic heterocycles. The number of benzene rings is 1. The molecule has 0 spiro atoms. The second kappa shape index (κ2) is 5.52. The Labute approximate surface area is 96.3 Å². The average molecular weight is 215 g/mol. The largest absolute Gasteiger partial charge is 0.472 e. The first-order valence-corrected chi connectivity index (χ1v) is 5.73. The highest BCUT2D eigenvalue weighted by Gasteiger charge is 2.04. The Hall–Kier alpha value is -1.54.